The van der Waals surface area contributed by atoms with Crippen molar-refractivity contribution >= 4 is 33.4 Å². The second-order valence-electron chi connectivity index (χ2n) is 7.14. The van der Waals surface area contributed by atoms with E-state index < -0.39 is 16.1 Å². The van der Waals surface area contributed by atoms with Crippen LogP contribution in [0, 0.1) is 0 Å². The molecule has 1 heterocycles. The Kier molecular flexibility index (Phi) is 7.79. The van der Waals surface area contributed by atoms with Crippen molar-refractivity contribution in [3.63, 3.8) is 0 Å². The quantitative estimate of drug-likeness (QED) is 0.419. The van der Waals surface area contributed by atoms with Crippen LogP contribution < -0.4 is 4.72 Å². The van der Waals surface area contributed by atoms with Gasteiger partial charge in [0, 0.05) is 16.8 Å². The summed E-state index contributed by atoms with van der Waals surface area (Å²) < 4.78 is 30.8. The van der Waals surface area contributed by atoms with Gasteiger partial charge in [0.15, 0.2) is 11.0 Å². The Morgan fingerprint density at radius 3 is 2.59 bits per heavy atom. The number of benzene rings is 1. The molecular weight excluding hydrogens is 428 g/mol. The maximum atomic E-state index is 12.9. The fourth-order valence-corrected chi connectivity index (χ4v) is 5.78. The molecule has 2 aromatic rings. The topological polar surface area (TPSA) is 76.9 Å². The van der Waals surface area contributed by atoms with Gasteiger partial charge in [0.2, 0.25) is 10.0 Å². The summed E-state index contributed by atoms with van der Waals surface area (Å²) in [5.74, 6) is 1.42. The Morgan fingerprint density at radius 2 is 1.97 bits per heavy atom. The molecule has 0 bridgehead atoms. The first kappa shape index (κ1) is 22.3. The lowest BCUT2D eigenvalue weighted by Gasteiger charge is -2.27. The Hall–Kier alpha value is -1.35. The number of hydrogen-bond donors (Lipinski definition) is 1. The lowest BCUT2D eigenvalue weighted by Crippen LogP contribution is -2.31. The summed E-state index contributed by atoms with van der Waals surface area (Å²) in [6.07, 6.45) is 8.11. The molecule has 0 radical (unpaired) electrons. The van der Waals surface area contributed by atoms with Crippen LogP contribution in [0.1, 0.15) is 63.4 Å². The molecule has 1 fully saturated rings. The van der Waals surface area contributed by atoms with Crippen LogP contribution in [0.25, 0.3) is 0 Å². The van der Waals surface area contributed by atoms with Crippen molar-refractivity contribution in [2.75, 3.05) is 5.75 Å². The number of thioether (sulfide) groups is 1. The molecule has 9 heteroatoms. The molecule has 6 nitrogen and oxygen atoms in total. The zero-order valence-electron chi connectivity index (χ0n) is 16.6. The van der Waals surface area contributed by atoms with Gasteiger partial charge in [0.1, 0.15) is 0 Å². The second kappa shape index (κ2) is 10.1. The van der Waals surface area contributed by atoms with Crippen LogP contribution in [-0.2, 0) is 10.0 Å². The molecule has 29 heavy (non-hydrogen) atoms. The van der Waals surface area contributed by atoms with Gasteiger partial charge in [0.25, 0.3) is 0 Å². The van der Waals surface area contributed by atoms with Crippen LogP contribution in [0.2, 0.25) is 5.02 Å². The Morgan fingerprint density at radius 1 is 1.28 bits per heavy atom. The summed E-state index contributed by atoms with van der Waals surface area (Å²) in [4.78, 5) is 0.185. The normalized spacial score (nSPS) is 16.6. The molecule has 0 spiro atoms. The standard InChI is InChI=1S/C20H27ClN4O2S2/c1-3-14-28-20-23-22-19(25(20)16-8-6-5-7-9-16)18(4-2)24-29(26,27)17-12-10-15(21)11-13-17/h3,10-13,16,18,24H,1,4-9,14H2,2H3. The van der Waals surface area contributed by atoms with Crippen molar-refractivity contribution in [1.82, 2.24) is 19.5 Å². The summed E-state index contributed by atoms with van der Waals surface area (Å²) in [5.41, 5.74) is 0. The molecule has 1 unspecified atom stereocenters. The number of rotatable bonds is 9. The number of aromatic nitrogens is 3. The maximum absolute atomic E-state index is 12.9. The molecule has 1 aliphatic carbocycles. The van der Waals surface area contributed by atoms with Crippen molar-refractivity contribution in [2.24, 2.45) is 0 Å². The zero-order chi connectivity index (χ0) is 20.9. The Bertz CT molecular complexity index is 922. The first-order valence-corrected chi connectivity index (χ1v) is 12.8. The van der Waals surface area contributed by atoms with E-state index in [0.717, 1.165) is 23.8 Å². The minimum Gasteiger partial charge on any atom is -0.302 e. The molecule has 3 rings (SSSR count). The summed E-state index contributed by atoms with van der Waals surface area (Å²) >= 11 is 7.48. The van der Waals surface area contributed by atoms with Crippen molar-refractivity contribution in [3.8, 4) is 0 Å². The van der Waals surface area contributed by atoms with E-state index in [1.54, 1.807) is 23.9 Å². The highest BCUT2D eigenvalue weighted by molar-refractivity contribution is 7.99. The van der Waals surface area contributed by atoms with Gasteiger partial charge in [-0.05, 0) is 43.5 Å². The van der Waals surface area contributed by atoms with Gasteiger partial charge < -0.3 is 4.57 Å². The van der Waals surface area contributed by atoms with E-state index in [4.69, 9.17) is 11.6 Å². The number of sulfonamides is 1. The molecular formula is C20H27ClN4O2S2. The summed E-state index contributed by atoms with van der Waals surface area (Å²) in [6, 6.07) is 6.01. The van der Waals surface area contributed by atoms with Gasteiger partial charge in [-0.2, -0.15) is 0 Å². The number of nitrogens with zero attached hydrogens (tertiary/aromatic N) is 3. The smallest absolute Gasteiger partial charge is 0.241 e. The lowest BCUT2D eigenvalue weighted by atomic mass is 9.95. The fourth-order valence-electron chi connectivity index (χ4n) is 3.63. The highest BCUT2D eigenvalue weighted by atomic mass is 35.5. The summed E-state index contributed by atoms with van der Waals surface area (Å²) in [7, 11) is -3.70. The van der Waals surface area contributed by atoms with Gasteiger partial charge in [-0.25, -0.2) is 13.1 Å². The molecule has 0 saturated heterocycles. The summed E-state index contributed by atoms with van der Waals surface area (Å²) in [5, 5.41) is 10.1. The predicted octanol–water partition coefficient (Wildman–Crippen LogP) is 5.14. The third-order valence-corrected chi connectivity index (χ3v) is 7.78. The van der Waals surface area contributed by atoms with Gasteiger partial charge in [-0.1, -0.05) is 55.6 Å². The minimum absolute atomic E-state index is 0.185. The molecule has 158 valence electrons. The predicted molar refractivity (Wildman–Crippen MR) is 118 cm³/mol. The monoisotopic (exact) mass is 454 g/mol. The van der Waals surface area contributed by atoms with Crippen molar-refractivity contribution in [2.45, 2.75) is 67.6 Å². The average Bonchev–Trinajstić information content (AvgIpc) is 3.15. The Balaban J connectivity index is 1.92. The van der Waals surface area contributed by atoms with Crippen molar-refractivity contribution in [3.05, 3.63) is 47.8 Å². The SMILES string of the molecule is C=CCSc1nnc(C(CC)NS(=O)(=O)c2ccc(Cl)cc2)n1C1CCCCC1. The number of halogens is 1. The highest BCUT2D eigenvalue weighted by Gasteiger charge is 2.29. The average molecular weight is 455 g/mol. The van der Waals surface area contributed by atoms with Crippen molar-refractivity contribution in [1.29, 1.82) is 0 Å². The van der Waals surface area contributed by atoms with E-state index in [1.807, 2.05) is 13.0 Å². The zero-order valence-corrected chi connectivity index (χ0v) is 18.9. The minimum atomic E-state index is -3.70. The largest absolute Gasteiger partial charge is 0.302 e. The molecule has 1 aromatic heterocycles. The van der Waals surface area contributed by atoms with Crippen LogP contribution in [0.5, 0.6) is 0 Å². The van der Waals surface area contributed by atoms with Crippen molar-refractivity contribution < 1.29 is 8.42 Å². The third-order valence-electron chi connectivity index (χ3n) is 5.10. The van der Waals surface area contributed by atoms with E-state index >= 15 is 0 Å². The van der Waals surface area contributed by atoms with Gasteiger partial charge in [-0.15, -0.1) is 16.8 Å². The number of nitrogens with one attached hydrogen (secondary N) is 1. The van der Waals surface area contributed by atoms with Crippen LogP contribution in [0.3, 0.4) is 0 Å². The van der Waals surface area contributed by atoms with Gasteiger partial charge in [0.05, 0.1) is 10.9 Å². The van der Waals surface area contributed by atoms with Crippen LogP contribution in [0.4, 0.5) is 0 Å². The van der Waals surface area contributed by atoms with E-state index in [1.165, 1.54) is 31.4 Å². The molecule has 1 saturated carbocycles. The first-order valence-electron chi connectivity index (χ1n) is 9.92. The molecule has 0 aliphatic heterocycles. The Labute approximate surface area is 182 Å². The van der Waals surface area contributed by atoms with Gasteiger partial charge >= 0.3 is 0 Å². The molecule has 1 aliphatic rings. The van der Waals surface area contributed by atoms with Crippen LogP contribution in [0.15, 0.2) is 47.0 Å². The van der Waals surface area contributed by atoms with E-state index in [2.05, 4.69) is 26.1 Å². The fraction of sp³-hybridized carbons (Fsp3) is 0.500. The maximum Gasteiger partial charge on any atom is 0.241 e. The van der Waals surface area contributed by atoms with E-state index in [-0.39, 0.29) is 4.90 Å². The van der Waals surface area contributed by atoms with E-state index in [9.17, 15) is 8.42 Å². The van der Waals surface area contributed by atoms with E-state index in [0.29, 0.717) is 23.3 Å². The molecule has 0 amide bonds. The highest BCUT2D eigenvalue weighted by Crippen LogP contribution is 2.35. The van der Waals surface area contributed by atoms with Gasteiger partial charge in [-0.3, -0.25) is 0 Å². The third kappa shape index (κ3) is 5.42. The molecule has 1 atom stereocenters. The summed E-state index contributed by atoms with van der Waals surface area (Å²) in [6.45, 7) is 5.73. The molecule has 1 N–H and O–H groups in total. The first-order chi connectivity index (χ1) is 14.0. The second-order valence-corrected chi connectivity index (χ2v) is 10.3. The lowest BCUT2D eigenvalue weighted by molar-refractivity contribution is 0.321. The van der Waals surface area contributed by atoms with Crippen LogP contribution in [-0.4, -0.2) is 28.9 Å². The molecule has 1 aromatic carbocycles. The van der Waals surface area contributed by atoms with Crippen LogP contribution >= 0.6 is 23.4 Å². The number of hydrogen-bond acceptors (Lipinski definition) is 5.